The van der Waals surface area contributed by atoms with Crippen LogP contribution in [0.25, 0.3) is 11.1 Å². The Morgan fingerprint density at radius 2 is 2.05 bits per heavy atom. The van der Waals surface area contributed by atoms with Crippen molar-refractivity contribution in [3.63, 3.8) is 0 Å². The Labute approximate surface area is 129 Å². The third kappa shape index (κ3) is 3.07. The van der Waals surface area contributed by atoms with E-state index in [0.717, 1.165) is 17.5 Å². The molecule has 1 aromatic carbocycles. The molecule has 0 spiro atoms. The minimum Gasteiger partial charge on any atom is -0.346 e. The number of nitrogens with one attached hydrogen (secondary N) is 1. The number of amides is 1. The van der Waals surface area contributed by atoms with Gasteiger partial charge in [0.2, 0.25) is 0 Å². The van der Waals surface area contributed by atoms with E-state index in [0.29, 0.717) is 18.8 Å². The van der Waals surface area contributed by atoms with E-state index in [9.17, 15) is 4.79 Å². The summed E-state index contributed by atoms with van der Waals surface area (Å²) in [4.78, 5) is 18.1. The number of nitriles is 1. The zero-order chi connectivity index (χ0) is 15.4. The summed E-state index contributed by atoms with van der Waals surface area (Å²) in [6.45, 7) is 1.27. The SMILES string of the molecule is N#CN1CC[C@@H](NC(=O)c2ccc(-c3ccccc3)cn2)C1. The molecule has 1 aromatic heterocycles. The highest BCUT2D eigenvalue weighted by Crippen LogP contribution is 2.17. The van der Waals surface area contributed by atoms with Crippen molar-refractivity contribution in [3.8, 4) is 17.3 Å². The Morgan fingerprint density at radius 3 is 2.68 bits per heavy atom. The van der Waals surface area contributed by atoms with Crippen LogP contribution in [0.2, 0.25) is 0 Å². The molecule has 5 nitrogen and oxygen atoms in total. The fraction of sp³-hybridized carbons (Fsp3) is 0.235. The third-order valence-electron chi connectivity index (χ3n) is 3.77. The monoisotopic (exact) mass is 292 g/mol. The molecule has 110 valence electrons. The van der Waals surface area contributed by atoms with Crippen LogP contribution in [-0.4, -0.2) is 34.9 Å². The van der Waals surface area contributed by atoms with Crippen LogP contribution < -0.4 is 5.32 Å². The third-order valence-corrected chi connectivity index (χ3v) is 3.77. The summed E-state index contributed by atoms with van der Waals surface area (Å²) in [6.07, 6.45) is 4.60. The second-order valence-corrected chi connectivity index (χ2v) is 5.30. The molecule has 2 heterocycles. The Bertz CT molecular complexity index is 691. The van der Waals surface area contributed by atoms with Gasteiger partial charge in [0.25, 0.3) is 5.91 Å². The molecule has 0 saturated carbocycles. The van der Waals surface area contributed by atoms with E-state index in [1.165, 1.54) is 0 Å². The number of hydrogen-bond acceptors (Lipinski definition) is 4. The van der Waals surface area contributed by atoms with Gasteiger partial charge in [0, 0.05) is 30.9 Å². The van der Waals surface area contributed by atoms with E-state index < -0.39 is 0 Å². The van der Waals surface area contributed by atoms with Gasteiger partial charge in [-0.05, 0) is 18.1 Å². The number of aromatic nitrogens is 1. The maximum Gasteiger partial charge on any atom is 0.270 e. The minimum absolute atomic E-state index is 0.0164. The van der Waals surface area contributed by atoms with Gasteiger partial charge >= 0.3 is 0 Å². The maximum absolute atomic E-state index is 12.2. The van der Waals surface area contributed by atoms with Crippen LogP contribution >= 0.6 is 0 Å². The summed E-state index contributed by atoms with van der Waals surface area (Å²) >= 11 is 0. The Kier molecular flexibility index (Phi) is 4.01. The van der Waals surface area contributed by atoms with Crippen molar-refractivity contribution in [1.82, 2.24) is 15.2 Å². The van der Waals surface area contributed by atoms with Gasteiger partial charge in [0.05, 0.1) is 0 Å². The zero-order valence-corrected chi connectivity index (χ0v) is 12.1. The molecule has 1 N–H and O–H groups in total. The molecule has 1 amide bonds. The fourth-order valence-electron chi connectivity index (χ4n) is 2.56. The highest BCUT2D eigenvalue weighted by molar-refractivity contribution is 5.92. The van der Waals surface area contributed by atoms with E-state index in [4.69, 9.17) is 5.26 Å². The second-order valence-electron chi connectivity index (χ2n) is 5.30. The standard InChI is InChI=1S/C17H16N4O/c18-12-21-9-8-15(11-21)20-17(22)16-7-6-14(10-19-16)13-4-2-1-3-5-13/h1-7,10,15H,8-9,11H2,(H,20,22)/t15-/m1/s1. The number of benzene rings is 1. The fourth-order valence-corrected chi connectivity index (χ4v) is 2.56. The van der Waals surface area contributed by atoms with E-state index >= 15 is 0 Å². The van der Waals surface area contributed by atoms with Gasteiger partial charge in [0.15, 0.2) is 6.19 Å². The topological polar surface area (TPSA) is 69.0 Å². The molecule has 1 aliphatic heterocycles. The molecule has 0 aliphatic carbocycles. The van der Waals surface area contributed by atoms with Crippen molar-refractivity contribution >= 4 is 5.91 Å². The lowest BCUT2D eigenvalue weighted by atomic mass is 10.1. The summed E-state index contributed by atoms with van der Waals surface area (Å²) < 4.78 is 0. The first-order chi connectivity index (χ1) is 10.8. The molecule has 1 saturated heterocycles. The first-order valence-corrected chi connectivity index (χ1v) is 7.23. The van der Waals surface area contributed by atoms with E-state index in [2.05, 4.69) is 16.5 Å². The number of rotatable bonds is 3. The van der Waals surface area contributed by atoms with Crippen molar-refractivity contribution in [2.45, 2.75) is 12.5 Å². The van der Waals surface area contributed by atoms with Gasteiger partial charge in [-0.25, -0.2) is 0 Å². The largest absolute Gasteiger partial charge is 0.346 e. The van der Waals surface area contributed by atoms with Crippen LogP contribution in [0.1, 0.15) is 16.9 Å². The van der Waals surface area contributed by atoms with Crippen molar-refractivity contribution in [3.05, 3.63) is 54.4 Å². The normalized spacial score (nSPS) is 17.0. The summed E-state index contributed by atoms with van der Waals surface area (Å²) in [7, 11) is 0. The predicted octanol–water partition coefficient (Wildman–Crippen LogP) is 2.03. The van der Waals surface area contributed by atoms with Crippen LogP contribution in [-0.2, 0) is 0 Å². The lowest BCUT2D eigenvalue weighted by Gasteiger charge is -2.12. The van der Waals surface area contributed by atoms with Crippen molar-refractivity contribution in [1.29, 1.82) is 5.26 Å². The van der Waals surface area contributed by atoms with Gasteiger partial charge in [0.1, 0.15) is 5.69 Å². The number of carbonyl (C=O) groups excluding carboxylic acids is 1. The lowest BCUT2D eigenvalue weighted by Crippen LogP contribution is -2.36. The highest BCUT2D eigenvalue weighted by Gasteiger charge is 2.23. The average Bonchev–Trinajstić information content (AvgIpc) is 3.03. The molecular formula is C17H16N4O. The van der Waals surface area contributed by atoms with E-state index in [1.807, 2.05) is 36.4 Å². The molecule has 0 unspecified atom stereocenters. The predicted molar refractivity (Wildman–Crippen MR) is 82.7 cm³/mol. The quantitative estimate of drug-likeness (QED) is 0.879. The summed E-state index contributed by atoms with van der Waals surface area (Å²) in [6, 6.07) is 13.6. The first-order valence-electron chi connectivity index (χ1n) is 7.23. The van der Waals surface area contributed by atoms with Crippen molar-refractivity contribution in [2.75, 3.05) is 13.1 Å². The number of nitrogens with zero attached hydrogens (tertiary/aromatic N) is 3. The van der Waals surface area contributed by atoms with Crippen LogP contribution in [0.3, 0.4) is 0 Å². The molecule has 1 aliphatic rings. The minimum atomic E-state index is -0.190. The maximum atomic E-state index is 12.2. The molecule has 5 heteroatoms. The second kappa shape index (κ2) is 6.27. The van der Waals surface area contributed by atoms with Crippen molar-refractivity contribution in [2.24, 2.45) is 0 Å². The molecule has 3 rings (SSSR count). The van der Waals surface area contributed by atoms with Gasteiger partial charge in [-0.15, -0.1) is 0 Å². The van der Waals surface area contributed by atoms with Gasteiger partial charge in [-0.2, -0.15) is 5.26 Å². The van der Waals surface area contributed by atoms with Gasteiger partial charge in [-0.3, -0.25) is 9.78 Å². The highest BCUT2D eigenvalue weighted by atomic mass is 16.1. The number of hydrogen-bond donors (Lipinski definition) is 1. The number of carbonyl (C=O) groups is 1. The summed E-state index contributed by atoms with van der Waals surface area (Å²) in [5.74, 6) is -0.190. The van der Waals surface area contributed by atoms with E-state index in [1.54, 1.807) is 17.2 Å². The van der Waals surface area contributed by atoms with Crippen LogP contribution in [0.4, 0.5) is 0 Å². The van der Waals surface area contributed by atoms with Gasteiger partial charge in [-0.1, -0.05) is 36.4 Å². The molecule has 2 aromatic rings. The van der Waals surface area contributed by atoms with Crippen LogP contribution in [0.15, 0.2) is 48.7 Å². The molecule has 1 fully saturated rings. The molecule has 0 radical (unpaired) electrons. The summed E-state index contributed by atoms with van der Waals surface area (Å²) in [5, 5.41) is 11.7. The number of pyridine rings is 1. The molecule has 1 atom stereocenters. The molecule has 22 heavy (non-hydrogen) atoms. The first kappa shape index (κ1) is 14.1. The zero-order valence-electron chi connectivity index (χ0n) is 12.1. The number of likely N-dealkylation sites (tertiary alicyclic amines) is 1. The van der Waals surface area contributed by atoms with Crippen molar-refractivity contribution < 1.29 is 4.79 Å². The van der Waals surface area contributed by atoms with E-state index in [-0.39, 0.29) is 11.9 Å². The smallest absolute Gasteiger partial charge is 0.270 e. The van der Waals surface area contributed by atoms with Gasteiger partial charge < -0.3 is 10.2 Å². The lowest BCUT2D eigenvalue weighted by molar-refractivity contribution is 0.0934. The molecule has 0 bridgehead atoms. The summed E-state index contributed by atoms with van der Waals surface area (Å²) in [5.41, 5.74) is 2.45. The average molecular weight is 292 g/mol. The van der Waals surface area contributed by atoms with Crippen LogP contribution in [0.5, 0.6) is 0 Å². The Hall–Kier alpha value is -2.87. The Morgan fingerprint density at radius 1 is 1.23 bits per heavy atom. The van der Waals surface area contributed by atoms with Crippen LogP contribution in [0, 0.1) is 11.5 Å². The molecular weight excluding hydrogens is 276 g/mol. The Balaban J connectivity index is 1.66.